The minimum absolute atomic E-state index is 0.851. The number of aryl methyl sites for hydroxylation is 2. The number of hydrogen-bond donors (Lipinski definition) is 0. The molecule has 0 heterocycles. The van der Waals surface area contributed by atoms with E-state index in [0.29, 0.717) is 0 Å². The van der Waals surface area contributed by atoms with Crippen molar-refractivity contribution < 1.29 is 0 Å². The first-order valence-corrected chi connectivity index (χ1v) is 6.88. The van der Waals surface area contributed by atoms with Crippen molar-refractivity contribution in [2.45, 2.75) is 13.8 Å². The molecule has 1 aromatic carbocycles. The van der Waals surface area contributed by atoms with Gasteiger partial charge in [-0.25, -0.2) is 0 Å². The molecule has 0 aromatic heterocycles. The van der Waals surface area contributed by atoms with Crippen molar-refractivity contribution in [1.29, 1.82) is 0 Å². The predicted molar refractivity (Wildman–Crippen MR) is 61.3 cm³/mol. The SMILES string of the molecule is Cc1ccc(C)c2c1C=[C]([Tl])C2=S. The summed E-state index contributed by atoms with van der Waals surface area (Å²) in [7, 11) is 0. The van der Waals surface area contributed by atoms with Crippen molar-refractivity contribution in [3.63, 3.8) is 0 Å². The maximum absolute atomic E-state index is 5.42. The van der Waals surface area contributed by atoms with Crippen LogP contribution in [-0.4, -0.2) is 30.6 Å². The van der Waals surface area contributed by atoms with Crippen LogP contribution in [0, 0.1) is 13.8 Å². The van der Waals surface area contributed by atoms with Crippen LogP contribution in [0.2, 0.25) is 0 Å². The summed E-state index contributed by atoms with van der Waals surface area (Å²) in [4.78, 5) is 1.10. The van der Waals surface area contributed by atoms with Crippen LogP contribution < -0.4 is 0 Å². The van der Waals surface area contributed by atoms with Gasteiger partial charge in [-0.15, -0.1) is 0 Å². The molecule has 1 aromatic rings. The van der Waals surface area contributed by atoms with E-state index in [1.807, 2.05) is 0 Å². The van der Waals surface area contributed by atoms with E-state index >= 15 is 0 Å². The van der Waals surface area contributed by atoms with Gasteiger partial charge in [0.2, 0.25) is 0 Å². The molecule has 0 aliphatic heterocycles. The Morgan fingerprint density at radius 2 is 1.77 bits per heavy atom. The average molecular weight is 378 g/mol. The Morgan fingerprint density at radius 3 is 2.38 bits per heavy atom. The van der Waals surface area contributed by atoms with Gasteiger partial charge in [0, 0.05) is 0 Å². The van der Waals surface area contributed by atoms with Crippen molar-refractivity contribution >= 4 is 48.9 Å². The fourth-order valence-corrected chi connectivity index (χ4v) is 3.22. The molecule has 2 rings (SSSR count). The molecule has 1 aliphatic rings. The molecule has 0 spiro atoms. The van der Waals surface area contributed by atoms with E-state index in [0.717, 1.165) is 30.6 Å². The molecule has 0 unspecified atom stereocenters. The Kier molecular flexibility index (Phi) is 2.40. The number of benzene rings is 1. The molecule has 0 nitrogen and oxygen atoms in total. The fraction of sp³-hybridized carbons (Fsp3) is 0.182. The second kappa shape index (κ2) is 3.28. The zero-order chi connectivity index (χ0) is 9.59. The first kappa shape index (κ1) is 9.52. The predicted octanol–water partition coefficient (Wildman–Crippen LogP) is 2.54. The van der Waals surface area contributed by atoms with Crippen LogP contribution in [0.25, 0.3) is 6.08 Å². The third kappa shape index (κ3) is 1.42. The van der Waals surface area contributed by atoms with Gasteiger partial charge in [0.05, 0.1) is 0 Å². The first-order valence-electron chi connectivity index (χ1n) is 4.23. The summed E-state index contributed by atoms with van der Waals surface area (Å²) in [5, 5.41) is 0. The van der Waals surface area contributed by atoms with E-state index in [9.17, 15) is 0 Å². The monoisotopic (exact) mass is 378 g/mol. The average Bonchev–Trinajstić information content (AvgIpc) is 2.38. The van der Waals surface area contributed by atoms with Crippen molar-refractivity contribution in [2.75, 3.05) is 0 Å². The Balaban J connectivity index is 2.78. The molecule has 13 heavy (non-hydrogen) atoms. The van der Waals surface area contributed by atoms with E-state index in [4.69, 9.17) is 12.2 Å². The fourth-order valence-electron chi connectivity index (χ4n) is 1.69. The van der Waals surface area contributed by atoms with Gasteiger partial charge in [0.15, 0.2) is 0 Å². The zero-order valence-electron chi connectivity index (χ0n) is 7.72. The molecule has 0 fully saturated rings. The van der Waals surface area contributed by atoms with E-state index in [1.54, 1.807) is 0 Å². The van der Waals surface area contributed by atoms with Gasteiger partial charge in [-0.2, -0.15) is 0 Å². The number of thiocarbonyl (C=S) groups is 1. The molecule has 0 amide bonds. The van der Waals surface area contributed by atoms with Crippen LogP contribution >= 0.6 is 12.2 Å². The molecular weight excluding hydrogens is 369 g/mol. The van der Waals surface area contributed by atoms with Crippen LogP contribution in [0.1, 0.15) is 22.3 Å². The van der Waals surface area contributed by atoms with Crippen LogP contribution in [-0.2, 0) is 0 Å². The molecule has 0 bridgehead atoms. The van der Waals surface area contributed by atoms with Gasteiger partial charge in [-0.3, -0.25) is 0 Å². The van der Waals surface area contributed by atoms with E-state index < -0.39 is 0 Å². The second-order valence-corrected chi connectivity index (χ2v) is 6.24. The molecule has 2 heteroatoms. The summed E-state index contributed by atoms with van der Waals surface area (Å²) in [6.07, 6.45) is 2.27. The van der Waals surface area contributed by atoms with Crippen molar-refractivity contribution in [3.05, 3.63) is 37.5 Å². The van der Waals surface area contributed by atoms with Crippen LogP contribution in [0.3, 0.4) is 0 Å². The standard InChI is InChI=1S/C11H9S.Tl/c1-7-3-4-8(2)11-9(7)5-6-10(11)12;/h3-5H,1-2H3;. The van der Waals surface area contributed by atoms with Gasteiger partial charge in [0.25, 0.3) is 0 Å². The summed E-state index contributed by atoms with van der Waals surface area (Å²) in [5.74, 6) is 0. The topological polar surface area (TPSA) is 0 Å². The van der Waals surface area contributed by atoms with Gasteiger partial charge >= 0.3 is 100 Å². The molecule has 0 saturated carbocycles. The van der Waals surface area contributed by atoms with Crippen molar-refractivity contribution in [1.82, 2.24) is 0 Å². The summed E-state index contributed by atoms with van der Waals surface area (Å²) >= 11 is 6.27. The summed E-state index contributed by atoms with van der Waals surface area (Å²) in [5.41, 5.74) is 5.34. The molecular formula is C11H9STl. The van der Waals surface area contributed by atoms with Crippen LogP contribution in [0.15, 0.2) is 15.3 Å². The molecule has 0 saturated heterocycles. The minimum atomic E-state index is 0.851. The Labute approximate surface area is 99.7 Å². The Bertz CT molecular complexity index is 430. The van der Waals surface area contributed by atoms with Gasteiger partial charge in [0.1, 0.15) is 0 Å². The number of rotatable bonds is 0. The van der Waals surface area contributed by atoms with Gasteiger partial charge < -0.3 is 0 Å². The number of fused-ring (bicyclic) bond motifs is 1. The Hall–Kier alpha value is -0.0279. The van der Waals surface area contributed by atoms with Crippen molar-refractivity contribution in [2.24, 2.45) is 0 Å². The molecule has 0 atom stereocenters. The van der Waals surface area contributed by atoms with Crippen LogP contribution in [0.4, 0.5) is 0 Å². The molecule has 1 aliphatic carbocycles. The maximum atomic E-state index is 5.42. The normalized spacial score (nSPS) is 14.2. The third-order valence-electron chi connectivity index (χ3n) is 2.46. The third-order valence-corrected chi connectivity index (χ3v) is 5.48. The summed E-state index contributed by atoms with van der Waals surface area (Å²) in [6.45, 7) is 4.29. The van der Waals surface area contributed by atoms with Gasteiger partial charge in [-0.1, -0.05) is 0 Å². The zero-order valence-corrected chi connectivity index (χ0v) is 13.0. The second-order valence-electron chi connectivity index (χ2n) is 3.42. The Morgan fingerprint density at radius 1 is 1.15 bits per heavy atom. The van der Waals surface area contributed by atoms with Crippen molar-refractivity contribution in [3.8, 4) is 0 Å². The molecule has 0 N–H and O–H groups in total. The number of allylic oxidation sites excluding steroid dienone is 1. The number of hydrogen-bond acceptors (Lipinski definition) is 1. The summed E-state index contributed by atoms with van der Waals surface area (Å²) < 4.78 is 1.39. The van der Waals surface area contributed by atoms with E-state index in [2.05, 4.69) is 32.1 Å². The molecule has 0 radical (unpaired) electrons. The van der Waals surface area contributed by atoms with E-state index in [1.165, 1.54) is 25.4 Å². The summed E-state index contributed by atoms with van der Waals surface area (Å²) in [6, 6.07) is 4.34. The quantitative estimate of drug-likeness (QED) is 0.495. The van der Waals surface area contributed by atoms with E-state index in [-0.39, 0.29) is 0 Å². The van der Waals surface area contributed by atoms with Crippen LogP contribution in [0.5, 0.6) is 0 Å². The first-order chi connectivity index (χ1) is 6.11. The van der Waals surface area contributed by atoms with Gasteiger partial charge in [-0.05, 0) is 0 Å². The molecule has 62 valence electrons.